The van der Waals surface area contributed by atoms with Crippen molar-refractivity contribution in [3.8, 4) is 17.2 Å². The molecule has 3 aromatic carbocycles. The summed E-state index contributed by atoms with van der Waals surface area (Å²) in [7, 11) is 0. The van der Waals surface area contributed by atoms with Crippen molar-refractivity contribution in [1.29, 1.82) is 0 Å². The summed E-state index contributed by atoms with van der Waals surface area (Å²) < 4.78 is 40.8. The molecule has 2 N–H and O–H groups in total. The molecule has 3 aromatic rings. The Labute approximate surface area is 209 Å². The van der Waals surface area contributed by atoms with Gasteiger partial charge in [0, 0.05) is 37.7 Å². The Balaban J connectivity index is 1.39. The van der Waals surface area contributed by atoms with E-state index in [1.807, 2.05) is 30.3 Å². The molecule has 0 amide bonds. The molecule has 2 heterocycles. The number of aliphatic hydroxyl groups is 1. The third-order valence-corrected chi connectivity index (χ3v) is 6.69. The van der Waals surface area contributed by atoms with Crippen LogP contribution in [0.2, 0.25) is 0 Å². The van der Waals surface area contributed by atoms with Gasteiger partial charge in [0.1, 0.15) is 29.7 Å². The number of alkyl halides is 1. The second-order valence-electron chi connectivity index (χ2n) is 9.28. The molecular weight excluding hydrogens is 464 g/mol. The predicted molar refractivity (Wildman–Crippen MR) is 134 cm³/mol. The Morgan fingerprint density at radius 1 is 1.03 bits per heavy atom. The fourth-order valence-electron chi connectivity index (χ4n) is 4.76. The van der Waals surface area contributed by atoms with E-state index in [1.54, 1.807) is 24.3 Å². The van der Waals surface area contributed by atoms with Crippen molar-refractivity contribution in [2.24, 2.45) is 5.92 Å². The van der Waals surface area contributed by atoms with Crippen molar-refractivity contribution < 1.29 is 28.5 Å². The first-order chi connectivity index (χ1) is 17.6. The number of aliphatic hydroxyl groups excluding tert-OH is 1. The molecule has 0 radical (unpaired) electrons. The highest BCUT2D eigenvalue weighted by Crippen LogP contribution is 2.48. The lowest BCUT2D eigenvalue weighted by Crippen LogP contribution is -2.49. The Morgan fingerprint density at radius 2 is 1.83 bits per heavy atom. The van der Waals surface area contributed by atoms with E-state index in [0.717, 1.165) is 30.8 Å². The number of likely N-dealkylation sites (tertiary alicyclic amines) is 1. The first-order valence-corrected chi connectivity index (χ1v) is 12.2. The number of ether oxygens (including phenoxy) is 2. The quantitative estimate of drug-likeness (QED) is 0.430. The zero-order chi connectivity index (χ0) is 25.1. The van der Waals surface area contributed by atoms with Crippen LogP contribution in [-0.2, 0) is 6.42 Å². The van der Waals surface area contributed by atoms with Crippen LogP contribution in [0.15, 0.2) is 66.7 Å². The molecule has 5 rings (SSSR count). The molecule has 1 saturated heterocycles. The minimum atomic E-state index is -0.726. The van der Waals surface area contributed by atoms with Gasteiger partial charge in [-0.15, -0.1) is 0 Å². The maximum atomic E-state index is 16.0. The van der Waals surface area contributed by atoms with Crippen molar-refractivity contribution in [2.75, 3.05) is 39.5 Å². The van der Waals surface area contributed by atoms with Crippen molar-refractivity contribution in [1.82, 2.24) is 4.90 Å². The molecule has 0 bridgehead atoms. The number of phenolic OH excluding ortho intramolecular Hbond substituents is 1. The topological polar surface area (TPSA) is 62.2 Å². The number of phenols is 1. The highest BCUT2D eigenvalue weighted by Gasteiger charge is 2.32. The number of halogens is 2. The van der Waals surface area contributed by atoms with E-state index < -0.39 is 11.9 Å². The van der Waals surface area contributed by atoms with Crippen LogP contribution in [0.3, 0.4) is 0 Å². The fourth-order valence-corrected chi connectivity index (χ4v) is 4.76. The van der Waals surface area contributed by atoms with Gasteiger partial charge in [-0.05, 0) is 59.5 Å². The van der Waals surface area contributed by atoms with Gasteiger partial charge in [0.15, 0.2) is 6.10 Å². The van der Waals surface area contributed by atoms with Crippen LogP contribution < -0.4 is 9.47 Å². The third-order valence-electron chi connectivity index (χ3n) is 6.69. The largest absolute Gasteiger partial charge is 0.508 e. The third kappa shape index (κ3) is 5.08. The molecule has 1 fully saturated rings. The zero-order valence-electron chi connectivity index (χ0n) is 19.9. The van der Waals surface area contributed by atoms with Gasteiger partial charge in [0.25, 0.3) is 0 Å². The molecule has 0 aliphatic carbocycles. The summed E-state index contributed by atoms with van der Waals surface area (Å²) in [6.45, 7) is 2.50. The number of aromatic hydroxyl groups is 1. The highest BCUT2D eigenvalue weighted by molar-refractivity contribution is 5.93. The van der Waals surface area contributed by atoms with Gasteiger partial charge in [-0.3, -0.25) is 9.29 Å². The predicted octanol–water partition coefficient (Wildman–Crippen LogP) is 5.18. The minimum Gasteiger partial charge on any atom is -0.508 e. The van der Waals surface area contributed by atoms with E-state index >= 15 is 4.39 Å². The summed E-state index contributed by atoms with van der Waals surface area (Å²) in [4.78, 5) is 2.16. The lowest BCUT2D eigenvalue weighted by atomic mass is 9.89. The van der Waals surface area contributed by atoms with Crippen LogP contribution in [0, 0.1) is 5.92 Å². The van der Waals surface area contributed by atoms with E-state index in [1.165, 1.54) is 12.1 Å². The molecule has 1 atom stereocenters. The first-order valence-electron chi connectivity index (χ1n) is 12.2. The second-order valence-corrected chi connectivity index (χ2v) is 9.28. The number of hydrogen-bond donors (Lipinski definition) is 2. The maximum Gasteiger partial charge on any atom is 0.152 e. The van der Waals surface area contributed by atoms with Gasteiger partial charge in [0.05, 0.1) is 12.2 Å². The standard InChI is InChI=1S/C29H29F2NO4/c30-16-20-17-32(18-20)11-13-35-24-7-5-21(6-8-24)29-27(22-2-1-3-23(34)15-22)28(31)25-14-19(10-12-33)4-9-26(25)36-29/h1-9,14-15,20,29,33-34H,10-13,16-18H2/t29-/m1/s1. The average molecular weight is 494 g/mol. The maximum absolute atomic E-state index is 16.0. The van der Waals surface area contributed by atoms with Gasteiger partial charge >= 0.3 is 0 Å². The summed E-state index contributed by atoms with van der Waals surface area (Å²) in [5, 5.41) is 19.3. The van der Waals surface area contributed by atoms with Crippen LogP contribution in [0.4, 0.5) is 8.78 Å². The molecule has 0 aromatic heterocycles. The molecule has 2 aliphatic heterocycles. The van der Waals surface area contributed by atoms with Crippen LogP contribution in [0.5, 0.6) is 17.2 Å². The van der Waals surface area contributed by atoms with Gasteiger partial charge in [0.2, 0.25) is 0 Å². The van der Waals surface area contributed by atoms with Crippen molar-refractivity contribution >= 4 is 11.4 Å². The number of rotatable bonds is 9. The van der Waals surface area contributed by atoms with Crippen molar-refractivity contribution in [3.63, 3.8) is 0 Å². The Kier molecular flexibility index (Phi) is 7.20. The summed E-state index contributed by atoms with van der Waals surface area (Å²) >= 11 is 0. The zero-order valence-corrected chi connectivity index (χ0v) is 19.9. The van der Waals surface area contributed by atoms with Crippen LogP contribution in [0.1, 0.15) is 28.4 Å². The smallest absolute Gasteiger partial charge is 0.152 e. The van der Waals surface area contributed by atoms with E-state index in [9.17, 15) is 14.6 Å². The second kappa shape index (κ2) is 10.7. The van der Waals surface area contributed by atoms with E-state index in [0.29, 0.717) is 41.2 Å². The summed E-state index contributed by atoms with van der Waals surface area (Å²) in [5.74, 6) is 0.877. The molecule has 0 spiro atoms. The number of fused-ring (bicyclic) bond motifs is 1. The van der Waals surface area contributed by atoms with Gasteiger partial charge in [-0.1, -0.05) is 30.3 Å². The van der Waals surface area contributed by atoms with Crippen molar-refractivity contribution in [3.05, 3.63) is 89.0 Å². The Bertz CT molecular complexity index is 1240. The lowest BCUT2D eigenvalue weighted by molar-refractivity contribution is 0.0668. The first kappa shape index (κ1) is 24.3. The normalized spacial score (nSPS) is 17.9. The van der Waals surface area contributed by atoms with Gasteiger partial charge < -0.3 is 19.7 Å². The Hall–Kier alpha value is -3.42. The van der Waals surface area contributed by atoms with Crippen LogP contribution in [-0.4, -0.2) is 54.6 Å². The van der Waals surface area contributed by atoms with Crippen LogP contribution in [0.25, 0.3) is 11.4 Å². The molecular formula is C29H29F2NO4. The molecule has 0 saturated carbocycles. The lowest BCUT2D eigenvalue weighted by Gasteiger charge is -2.37. The minimum absolute atomic E-state index is 0.0302. The molecule has 36 heavy (non-hydrogen) atoms. The van der Waals surface area contributed by atoms with Crippen molar-refractivity contribution in [2.45, 2.75) is 12.5 Å². The van der Waals surface area contributed by atoms with Crippen LogP contribution >= 0.6 is 0 Å². The summed E-state index contributed by atoms with van der Waals surface area (Å²) in [6.07, 6.45) is -0.308. The molecule has 188 valence electrons. The monoisotopic (exact) mass is 493 g/mol. The molecule has 2 aliphatic rings. The summed E-state index contributed by atoms with van der Waals surface area (Å²) in [5.41, 5.74) is 2.74. The van der Waals surface area contributed by atoms with E-state index in [-0.39, 0.29) is 24.9 Å². The molecule has 0 unspecified atom stereocenters. The summed E-state index contributed by atoms with van der Waals surface area (Å²) in [6, 6.07) is 19.1. The number of nitrogens with zero attached hydrogens (tertiary/aromatic N) is 1. The van der Waals surface area contributed by atoms with E-state index in [4.69, 9.17) is 9.47 Å². The average Bonchev–Trinajstić information content (AvgIpc) is 2.86. The molecule has 5 nitrogen and oxygen atoms in total. The SMILES string of the molecule is OCCc1ccc2c(c1)C(F)=C(c1cccc(O)c1)[C@@H](c1ccc(OCCN3CC(CF)C3)cc1)O2. The van der Waals surface area contributed by atoms with Gasteiger partial charge in [-0.25, -0.2) is 4.39 Å². The Morgan fingerprint density at radius 3 is 2.56 bits per heavy atom. The number of hydrogen-bond acceptors (Lipinski definition) is 5. The molecule has 7 heteroatoms. The fraction of sp³-hybridized carbons (Fsp3) is 0.310. The van der Waals surface area contributed by atoms with E-state index in [2.05, 4.69) is 4.90 Å². The number of benzene rings is 3. The van der Waals surface area contributed by atoms with Gasteiger partial charge in [-0.2, -0.15) is 0 Å². The highest BCUT2D eigenvalue weighted by atomic mass is 19.1.